The number of rotatable bonds is 6. The van der Waals surface area contributed by atoms with E-state index in [-0.39, 0.29) is 17.8 Å². The number of benzene rings is 2. The van der Waals surface area contributed by atoms with Crippen molar-refractivity contribution >= 4 is 5.91 Å². The predicted molar refractivity (Wildman–Crippen MR) is 134 cm³/mol. The molecule has 0 bridgehead atoms. The van der Waals surface area contributed by atoms with Crippen LogP contribution in [0.25, 0.3) is 16.9 Å². The van der Waals surface area contributed by atoms with Crippen molar-refractivity contribution in [3.8, 4) is 16.9 Å². The van der Waals surface area contributed by atoms with Gasteiger partial charge in [-0.05, 0) is 56.2 Å². The summed E-state index contributed by atoms with van der Waals surface area (Å²) in [5.74, 6) is -0.431. The largest absolute Gasteiger partial charge is 0.349 e. The number of nitrogens with zero attached hydrogens (tertiary/aromatic N) is 4. The van der Waals surface area contributed by atoms with Gasteiger partial charge in [-0.15, -0.1) is 0 Å². The second-order valence-electron chi connectivity index (χ2n) is 8.97. The van der Waals surface area contributed by atoms with E-state index in [4.69, 9.17) is 0 Å². The van der Waals surface area contributed by atoms with Gasteiger partial charge >= 0.3 is 0 Å². The molecule has 0 aliphatic carbocycles. The van der Waals surface area contributed by atoms with E-state index in [1.807, 2.05) is 29.1 Å². The number of halogens is 1. The van der Waals surface area contributed by atoms with Crippen molar-refractivity contribution in [1.29, 1.82) is 0 Å². The van der Waals surface area contributed by atoms with E-state index in [9.17, 15) is 9.18 Å². The zero-order valence-electron chi connectivity index (χ0n) is 19.7. The first kappa shape index (κ1) is 22.9. The minimum absolute atomic E-state index is 0.123. The third-order valence-electron chi connectivity index (χ3n) is 6.58. The third kappa shape index (κ3) is 5.30. The number of nitrogens with one attached hydrogen (secondary N) is 1. The average Bonchev–Trinajstić information content (AvgIpc) is 3.25. The monoisotopic (exact) mass is 469 g/mol. The Morgan fingerprint density at radius 2 is 1.83 bits per heavy atom. The van der Waals surface area contributed by atoms with Crippen molar-refractivity contribution < 1.29 is 9.18 Å². The van der Waals surface area contributed by atoms with Crippen LogP contribution in [0.1, 0.15) is 34.5 Å². The standard InChI is InChI=1S/C28H28FN5O/c1-20-23(18-31-34(20)26-8-3-2-4-9-26)19-33-14-12-25(13-15-33)32-28(35)22-10-11-27(30-17-22)21-6-5-7-24(29)16-21/h2-11,16-18,25H,12-15,19H2,1H3,(H,32,35). The predicted octanol–water partition coefficient (Wildman–Crippen LogP) is 4.78. The minimum atomic E-state index is -0.308. The van der Waals surface area contributed by atoms with Crippen molar-refractivity contribution in [1.82, 2.24) is 25.0 Å². The molecule has 4 aromatic rings. The topological polar surface area (TPSA) is 63.1 Å². The Bertz CT molecular complexity index is 1290. The van der Waals surface area contributed by atoms with Crippen LogP contribution in [-0.4, -0.2) is 44.7 Å². The van der Waals surface area contributed by atoms with Crippen LogP contribution in [0.3, 0.4) is 0 Å². The summed E-state index contributed by atoms with van der Waals surface area (Å²) in [7, 11) is 0. The van der Waals surface area contributed by atoms with E-state index in [1.165, 1.54) is 17.7 Å². The third-order valence-corrected chi connectivity index (χ3v) is 6.58. The van der Waals surface area contributed by atoms with Crippen LogP contribution in [-0.2, 0) is 6.54 Å². The smallest absolute Gasteiger partial charge is 0.253 e. The maximum Gasteiger partial charge on any atom is 0.253 e. The highest BCUT2D eigenvalue weighted by molar-refractivity contribution is 5.94. The first-order chi connectivity index (χ1) is 17.1. The Kier molecular flexibility index (Phi) is 6.68. The normalized spacial score (nSPS) is 14.7. The molecular formula is C28H28FN5O. The maximum atomic E-state index is 13.5. The Morgan fingerprint density at radius 1 is 1.03 bits per heavy atom. The second kappa shape index (κ2) is 10.2. The van der Waals surface area contributed by atoms with Gasteiger partial charge in [-0.25, -0.2) is 9.07 Å². The van der Waals surface area contributed by atoms with Crippen LogP contribution in [0.2, 0.25) is 0 Å². The Balaban J connectivity index is 1.14. The van der Waals surface area contributed by atoms with E-state index in [0.717, 1.165) is 43.9 Å². The number of aromatic nitrogens is 3. The minimum Gasteiger partial charge on any atom is -0.349 e. The van der Waals surface area contributed by atoms with E-state index in [0.29, 0.717) is 16.8 Å². The van der Waals surface area contributed by atoms with Gasteiger partial charge in [-0.3, -0.25) is 14.7 Å². The molecule has 3 heterocycles. The Labute approximate surface area is 204 Å². The molecule has 7 heteroatoms. The lowest BCUT2D eigenvalue weighted by atomic mass is 10.0. The van der Waals surface area contributed by atoms with Crippen LogP contribution in [0.4, 0.5) is 4.39 Å². The van der Waals surface area contributed by atoms with Gasteiger partial charge in [0.1, 0.15) is 5.82 Å². The van der Waals surface area contributed by atoms with Crippen LogP contribution in [0.15, 0.2) is 79.1 Å². The van der Waals surface area contributed by atoms with Crippen molar-refractivity contribution in [2.45, 2.75) is 32.4 Å². The number of piperidine rings is 1. The number of para-hydroxylation sites is 1. The highest BCUT2D eigenvalue weighted by Crippen LogP contribution is 2.20. The Morgan fingerprint density at radius 3 is 2.54 bits per heavy atom. The maximum absolute atomic E-state index is 13.5. The fourth-order valence-electron chi connectivity index (χ4n) is 4.52. The van der Waals surface area contributed by atoms with E-state index in [1.54, 1.807) is 30.5 Å². The van der Waals surface area contributed by atoms with Gasteiger partial charge in [0, 0.05) is 48.7 Å². The molecular weight excluding hydrogens is 441 g/mol. The molecule has 6 nitrogen and oxygen atoms in total. The summed E-state index contributed by atoms with van der Waals surface area (Å²) < 4.78 is 15.4. The van der Waals surface area contributed by atoms with Gasteiger partial charge < -0.3 is 5.32 Å². The second-order valence-corrected chi connectivity index (χ2v) is 8.97. The summed E-state index contributed by atoms with van der Waals surface area (Å²) in [6, 6.07) is 20.1. The molecule has 0 saturated carbocycles. The molecule has 5 rings (SSSR count). The molecule has 0 spiro atoms. The number of carbonyl (C=O) groups excluding carboxylic acids is 1. The van der Waals surface area contributed by atoms with E-state index >= 15 is 0 Å². The molecule has 0 atom stereocenters. The zero-order valence-corrected chi connectivity index (χ0v) is 19.7. The molecule has 2 aromatic carbocycles. The molecule has 1 N–H and O–H groups in total. The van der Waals surface area contributed by atoms with Gasteiger partial charge in [0.2, 0.25) is 0 Å². The average molecular weight is 470 g/mol. The highest BCUT2D eigenvalue weighted by Gasteiger charge is 2.22. The van der Waals surface area contributed by atoms with Crippen molar-refractivity contribution in [3.63, 3.8) is 0 Å². The molecule has 1 aliphatic heterocycles. The summed E-state index contributed by atoms with van der Waals surface area (Å²) >= 11 is 0. The summed E-state index contributed by atoms with van der Waals surface area (Å²) in [5, 5.41) is 7.72. The lowest BCUT2D eigenvalue weighted by Gasteiger charge is -2.32. The van der Waals surface area contributed by atoms with Gasteiger partial charge in [0.05, 0.1) is 23.1 Å². The van der Waals surface area contributed by atoms with Crippen LogP contribution < -0.4 is 5.32 Å². The number of hydrogen-bond acceptors (Lipinski definition) is 4. The summed E-state index contributed by atoms with van der Waals surface area (Å²) in [6.45, 7) is 4.79. The van der Waals surface area contributed by atoms with Crippen LogP contribution in [0.5, 0.6) is 0 Å². The Hall–Kier alpha value is -3.84. The highest BCUT2D eigenvalue weighted by atomic mass is 19.1. The van der Waals surface area contributed by atoms with E-state index < -0.39 is 0 Å². The molecule has 0 radical (unpaired) electrons. The molecule has 1 aliphatic rings. The lowest BCUT2D eigenvalue weighted by Crippen LogP contribution is -2.44. The molecule has 178 valence electrons. The van der Waals surface area contributed by atoms with E-state index in [2.05, 4.69) is 39.4 Å². The zero-order chi connectivity index (χ0) is 24.2. The quantitative estimate of drug-likeness (QED) is 0.442. The van der Waals surface area contributed by atoms with Gasteiger partial charge in [0.15, 0.2) is 0 Å². The van der Waals surface area contributed by atoms with Gasteiger partial charge in [-0.1, -0.05) is 30.3 Å². The lowest BCUT2D eigenvalue weighted by molar-refractivity contribution is 0.0908. The molecule has 1 amide bonds. The number of pyridine rings is 1. The first-order valence-electron chi connectivity index (χ1n) is 11.9. The van der Waals surface area contributed by atoms with Crippen molar-refractivity contribution in [2.24, 2.45) is 0 Å². The number of carbonyl (C=O) groups is 1. The van der Waals surface area contributed by atoms with Crippen molar-refractivity contribution in [2.75, 3.05) is 13.1 Å². The number of hydrogen-bond donors (Lipinski definition) is 1. The molecule has 1 fully saturated rings. The number of likely N-dealkylation sites (tertiary alicyclic amines) is 1. The SMILES string of the molecule is Cc1c(CN2CCC(NC(=O)c3ccc(-c4cccc(F)c4)nc3)CC2)cnn1-c1ccccc1. The van der Waals surface area contributed by atoms with Gasteiger partial charge in [0.25, 0.3) is 5.91 Å². The molecule has 35 heavy (non-hydrogen) atoms. The summed E-state index contributed by atoms with van der Waals surface area (Å²) in [4.78, 5) is 19.5. The van der Waals surface area contributed by atoms with Crippen molar-refractivity contribution in [3.05, 3.63) is 102 Å². The summed E-state index contributed by atoms with van der Waals surface area (Å²) in [6.07, 6.45) is 5.30. The molecule has 2 aromatic heterocycles. The number of amides is 1. The first-order valence-corrected chi connectivity index (χ1v) is 11.9. The van der Waals surface area contributed by atoms with Gasteiger partial charge in [-0.2, -0.15) is 5.10 Å². The molecule has 0 unspecified atom stereocenters. The fourth-order valence-corrected chi connectivity index (χ4v) is 4.52. The van der Waals surface area contributed by atoms with Crippen LogP contribution in [0, 0.1) is 12.7 Å². The summed E-state index contributed by atoms with van der Waals surface area (Å²) in [5.41, 5.74) is 5.28. The fraction of sp³-hybridized carbons (Fsp3) is 0.250. The molecule has 1 saturated heterocycles. The van der Waals surface area contributed by atoms with Crippen LogP contribution >= 0.6 is 0 Å².